The van der Waals surface area contributed by atoms with E-state index in [4.69, 9.17) is 4.74 Å². The Kier molecular flexibility index (Phi) is 8.93. The highest BCUT2D eigenvalue weighted by atomic mass is 32.2. The summed E-state index contributed by atoms with van der Waals surface area (Å²) in [7, 11) is -3.44. The average molecular weight is 445 g/mol. The van der Waals surface area contributed by atoms with E-state index in [2.05, 4.69) is 43.3 Å². The molecule has 1 aromatic heterocycles. The van der Waals surface area contributed by atoms with E-state index >= 15 is 0 Å². The van der Waals surface area contributed by atoms with Gasteiger partial charge in [-0.05, 0) is 44.2 Å². The fraction of sp³-hybridized carbons (Fsp3) is 0.750. The number of sulfonamides is 1. The molecule has 0 amide bonds. The van der Waals surface area contributed by atoms with Crippen molar-refractivity contribution in [2.75, 3.05) is 32.8 Å². The number of nitrogens with zero attached hydrogens (tertiary/aromatic N) is 2. The van der Waals surface area contributed by atoms with Crippen LogP contribution >= 0.6 is 11.3 Å². The van der Waals surface area contributed by atoms with Gasteiger partial charge < -0.3 is 15.4 Å². The third-order valence-corrected chi connectivity index (χ3v) is 8.08. The topological polar surface area (TPSA) is 83.0 Å². The van der Waals surface area contributed by atoms with E-state index in [0.717, 1.165) is 30.2 Å². The van der Waals surface area contributed by atoms with Crippen LogP contribution in [-0.4, -0.2) is 57.6 Å². The molecular weight excluding hydrogens is 408 g/mol. The van der Waals surface area contributed by atoms with E-state index in [9.17, 15) is 8.42 Å². The molecule has 2 N–H and O–H groups in total. The van der Waals surface area contributed by atoms with Crippen LogP contribution < -0.4 is 10.6 Å². The summed E-state index contributed by atoms with van der Waals surface area (Å²) in [6.45, 7) is 13.9. The molecule has 1 saturated heterocycles. The zero-order valence-electron chi connectivity index (χ0n) is 18.3. The minimum Gasteiger partial charge on any atom is -0.379 e. The molecule has 0 aromatic carbocycles. The number of hydrogen-bond acceptors (Lipinski definition) is 5. The molecule has 1 fully saturated rings. The van der Waals surface area contributed by atoms with Crippen LogP contribution in [0.15, 0.2) is 21.3 Å². The lowest BCUT2D eigenvalue weighted by molar-refractivity contribution is 0.0731. The van der Waals surface area contributed by atoms with Crippen LogP contribution in [0.2, 0.25) is 0 Å². The Labute approximate surface area is 180 Å². The van der Waals surface area contributed by atoms with E-state index in [1.165, 1.54) is 15.6 Å². The van der Waals surface area contributed by atoms with E-state index in [1.54, 1.807) is 6.07 Å². The second-order valence-corrected chi connectivity index (χ2v) is 11.9. The van der Waals surface area contributed by atoms with Crippen molar-refractivity contribution in [1.82, 2.24) is 14.9 Å². The second-order valence-electron chi connectivity index (χ2n) is 8.58. The number of morpholine rings is 1. The summed E-state index contributed by atoms with van der Waals surface area (Å²) in [6, 6.07) is 3.85. The molecule has 0 radical (unpaired) electrons. The number of hydrogen-bond donors (Lipinski definition) is 2. The first-order chi connectivity index (χ1) is 13.6. The van der Waals surface area contributed by atoms with Crippen molar-refractivity contribution in [2.24, 2.45) is 10.4 Å². The normalized spacial score (nSPS) is 17.9. The predicted octanol–water partition coefficient (Wildman–Crippen LogP) is 3.04. The fourth-order valence-corrected chi connectivity index (χ4v) is 5.77. The number of guanidine groups is 1. The zero-order valence-corrected chi connectivity index (χ0v) is 20.0. The van der Waals surface area contributed by atoms with Gasteiger partial charge in [-0.15, -0.1) is 11.3 Å². The molecule has 2 heterocycles. The molecule has 29 heavy (non-hydrogen) atoms. The monoisotopic (exact) mass is 444 g/mol. The van der Waals surface area contributed by atoms with E-state index in [0.29, 0.717) is 48.5 Å². The van der Waals surface area contributed by atoms with Crippen molar-refractivity contribution in [3.05, 3.63) is 17.0 Å². The standard InChI is InChI=1S/C20H36N4O3S2/c1-6-21-19(23-16(2)9-10-20(3,4)5)22-15-17-7-8-18(28-17)29(25,26)24-11-13-27-14-12-24/h7-8,16H,6,9-15H2,1-5H3,(H2,21,22,23). The minimum atomic E-state index is -3.44. The van der Waals surface area contributed by atoms with Crippen molar-refractivity contribution in [1.29, 1.82) is 0 Å². The molecule has 0 spiro atoms. The maximum atomic E-state index is 12.8. The molecule has 2 rings (SSSR count). The van der Waals surface area contributed by atoms with Gasteiger partial charge >= 0.3 is 0 Å². The Balaban J connectivity index is 1.99. The van der Waals surface area contributed by atoms with Crippen LogP contribution in [0.4, 0.5) is 0 Å². The van der Waals surface area contributed by atoms with Gasteiger partial charge in [-0.25, -0.2) is 13.4 Å². The minimum absolute atomic E-state index is 0.310. The molecule has 0 saturated carbocycles. The molecule has 166 valence electrons. The zero-order chi connectivity index (χ0) is 21.5. The highest BCUT2D eigenvalue weighted by Gasteiger charge is 2.27. The van der Waals surface area contributed by atoms with Gasteiger partial charge in [-0.1, -0.05) is 20.8 Å². The molecule has 1 aliphatic heterocycles. The Morgan fingerprint density at radius 2 is 2.00 bits per heavy atom. The number of rotatable bonds is 8. The second kappa shape index (κ2) is 10.7. The molecule has 0 aliphatic carbocycles. The Morgan fingerprint density at radius 1 is 1.31 bits per heavy atom. The van der Waals surface area contributed by atoms with Crippen molar-refractivity contribution in [3.63, 3.8) is 0 Å². The first kappa shape index (κ1) is 24.1. The van der Waals surface area contributed by atoms with Crippen molar-refractivity contribution < 1.29 is 13.2 Å². The lowest BCUT2D eigenvalue weighted by Crippen LogP contribution is -2.42. The van der Waals surface area contributed by atoms with Gasteiger partial charge in [0.2, 0.25) is 0 Å². The van der Waals surface area contributed by atoms with Crippen LogP contribution in [0.3, 0.4) is 0 Å². The summed E-state index contributed by atoms with van der Waals surface area (Å²) in [4.78, 5) is 5.58. The highest BCUT2D eigenvalue weighted by Crippen LogP contribution is 2.26. The van der Waals surface area contributed by atoms with E-state index in [-0.39, 0.29) is 0 Å². The van der Waals surface area contributed by atoms with Crippen LogP contribution in [0.25, 0.3) is 0 Å². The van der Waals surface area contributed by atoms with Crippen LogP contribution in [0.1, 0.15) is 52.3 Å². The van der Waals surface area contributed by atoms with Gasteiger partial charge in [-0.2, -0.15) is 4.31 Å². The number of thiophene rings is 1. The molecule has 7 nitrogen and oxygen atoms in total. The maximum Gasteiger partial charge on any atom is 0.252 e. The quantitative estimate of drug-likeness (QED) is 0.476. The number of nitrogens with one attached hydrogen (secondary N) is 2. The van der Waals surface area contributed by atoms with E-state index < -0.39 is 10.0 Å². The molecular formula is C20H36N4O3S2. The average Bonchev–Trinajstić information content (AvgIpc) is 3.15. The van der Waals surface area contributed by atoms with Gasteiger partial charge in [0.25, 0.3) is 10.0 Å². The molecule has 1 aromatic rings. The van der Waals surface area contributed by atoms with Gasteiger partial charge in [0.1, 0.15) is 4.21 Å². The van der Waals surface area contributed by atoms with E-state index in [1.807, 2.05) is 13.0 Å². The van der Waals surface area contributed by atoms with Gasteiger partial charge in [-0.3, -0.25) is 0 Å². The summed E-state index contributed by atoms with van der Waals surface area (Å²) in [5, 5.41) is 6.73. The number of ether oxygens (including phenoxy) is 1. The van der Waals surface area contributed by atoms with Crippen molar-refractivity contribution in [3.8, 4) is 0 Å². The first-order valence-corrected chi connectivity index (χ1v) is 12.6. The molecule has 0 bridgehead atoms. The van der Waals surface area contributed by atoms with Gasteiger partial charge in [0.15, 0.2) is 5.96 Å². The SMILES string of the molecule is CCNC(=NCc1ccc(S(=O)(=O)N2CCOCC2)s1)NC(C)CCC(C)(C)C. The lowest BCUT2D eigenvalue weighted by Gasteiger charge is -2.25. The molecule has 1 unspecified atom stereocenters. The fourth-order valence-electron chi connectivity index (χ4n) is 2.93. The third-order valence-electron chi connectivity index (χ3n) is 4.65. The van der Waals surface area contributed by atoms with Crippen LogP contribution in [0, 0.1) is 5.41 Å². The van der Waals surface area contributed by atoms with Crippen molar-refractivity contribution in [2.45, 2.75) is 64.3 Å². The molecule has 1 atom stereocenters. The van der Waals surface area contributed by atoms with Crippen molar-refractivity contribution >= 4 is 27.3 Å². The Hall–Kier alpha value is -1.16. The van der Waals surface area contributed by atoms with Gasteiger partial charge in [0.05, 0.1) is 19.8 Å². The molecule has 1 aliphatic rings. The highest BCUT2D eigenvalue weighted by molar-refractivity contribution is 7.91. The maximum absolute atomic E-state index is 12.8. The summed E-state index contributed by atoms with van der Waals surface area (Å²) in [5.41, 5.74) is 0.310. The summed E-state index contributed by atoms with van der Waals surface area (Å²) in [6.07, 6.45) is 2.20. The lowest BCUT2D eigenvalue weighted by atomic mass is 9.89. The number of aliphatic imine (C=N–C) groups is 1. The van der Waals surface area contributed by atoms with Gasteiger partial charge in [0, 0.05) is 30.6 Å². The smallest absolute Gasteiger partial charge is 0.252 e. The first-order valence-electron chi connectivity index (χ1n) is 10.3. The molecule has 9 heteroatoms. The Morgan fingerprint density at radius 3 is 2.62 bits per heavy atom. The summed E-state index contributed by atoms with van der Waals surface area (Å²) >= 11 is 1.29. The predicted molar refractivity (Wildman–Crippen MR) is 120 cm³/mol. The van der Waals surface area contributed by atoms with Crippen LogP contribution in [-0.2, 0) is 21.3 Å². The Bertz CT molecular complexity index is 763. The summed E-state index contributed by atoms with van der Waals surface area (Å²) < 4.78 is 32.7. The third kappa shape index (κ3) is 7.88. The summed E-state index contributed by atoms with van der Waals surface area (Å²) in [5.74, 6) is 0.764. The van der Waals surface area contributed by atoms with Crippen LogP contribution in [0.5, 0.6) is 0 Å². The largest absolute Gasteiger partial charge is 0.379 e.